The Balaban J connectivity index is 1.32. The molecule has 3 aliphatic rings. The van der Waals surface area contributed by atoms with Gasteiger partial charge in [-0.1, -0.05) is 20.8 Å². The second-order valence-electron chi connectivity index (χ2n) is 11.9. The first-order valence-corrected chi connectivity index (χ1v) is 14.2. The van der Waals surface area contributed by atoms with E-state index in [9.17, 15) is 4.79 Å². The zero-order chi connectivity index (χ0) is 28.6. The zero-order valence-corrected chi connectivity index (χ0v) is 24.6. The van der Waals surface area contributed by atoms with E-state index in [0.29, 0.717) is 31.0 Å². The number of amides is 2. The van der Waals surface area contributed by atoms with E-state index >= 15 is 0 Å². The summed E-state index contributed by atoms with van der Waals surface area (Å²) in [6, 6.07) is 7.19. The molecule has 2 heterocycles. The van der Waals surface area contributed by atoms with Gasteiger partial charge in [0.1, 0.15) is 22.7 Å². The highest BCUT2D eigenvalue weighted by Gasteiger charge is 2.46. The van der Waals surface area contributed by atoms with Crippen LogP contribution in [0.25, 0.3) is 0 Å². The summed E-state index contributed by atoms with van der Waals surface area (Å²) < 4.78 is 23.8. The number of fused-ring (bicyclic) bond motifs is 1. The molecule has 1 aromatic carbocycles. The van der Waals surface area contributed by atoms with E-state index in [1.165, 1.54) is 0 Å². The van der Waals surface area contributed by atoms with Crippen LogP contribution in [0.15, 0.2) is 59.4 Å². The van der Waals surface area contributed by atoms with Crippen molar-refractivity contribution in [2.75, 3.05) is 58.4 Å². The van der Waals surface area contributed by atoms with E-state index in [1.807, 2.05) is 42.6 Å². The molecular weight excluding hydrogens is 508 g/mol. The molecule has 0 aromatic heterocycles. The summed E-state index contributed by atoms with van der Waals surface area (Å²) in [5.74, 6) is 3.05. The number of carbonyl (C=O) groups is 1. The van der Waals surface area contributed by atoms with Gasteiger partial charge in [-0.2, -0.15) is 0 Å². The molecule has 1 aliphatic carbocycles. The van der Waals surface area contributed by atoms with Crippen LogP contribution in [0, 0.1) is 10.8 Å². The molecule has 2 amide bonds. The fraction of sp³-hybridized carbons (Fsp3) is 0.548. The Bertz CT molecular complexity index is 1140. The highest BCUT2D eigenvalue weighted by Crippen LogP contribution is 2.44. The molecule has 1 aromatic rings. The van der Waals surface area contributed by atoms with Crippen LogP contribution in [-0.4, -0.2) is 70.3 Å². The minimum Gasteiger partial charge on any atom is -0.497 e. The van der Waals surface area contributed by atoms with E-state index in [0.717, 1.165) is 68.7 Å². The van der Waals surface area contributed by atoms with Crippen LogP contribution >= 0.6 is 0 Å². The second kappa shape index (κ2) is 13.4. The molecule has 218 valence electrons. The van der Waals surface area contributed by atoms with Crippen LogP contribution in [0.3, 0.4) is 0 Å². The van der Waals surface area contributed by atoms with Crippen molar-refractivity contribution in [3.63, 3.8) is 0 Å². The zero-order valence-electron chi connectivity index (χ0n) is 24.6. The molecule has 9 heteroatoms. The largest absolute Gasteiger partial charge is 0.497 e. The number of hydrogen-bond donors (Lipinski definition) is 3. The second-order valence-corrected chi connectivity index (χ2v) is 11.9. The lowest BCUT2D eigenvalue weighted by Gasteiger charge is -2.34. The predicted molar refractivity (Wildman–Crippen MR) is 156 cm³/mol. The molecule has 2 aliphatic heterocycles. The van der Waals surface area contributed by atoms with Gasteiger partial charge in [-0.25, -0.2) is 9.79 Å². The van der Waals surface area contributed by atoms with Crippen molar-refractivity contribution < 1.29 is 28.7 Å². The van der Waals surface area contributed by atoms with E-state index < -0.39 is 5.41 Å². The number of hydrogen-bond acceptors (Lipinski definition) is 6. The maximum Gasteiger partial charge on any atom is 0.319 e. The molecule has 1 fully saturated rings. The molecule has 9 nitrogen and oxygen atoms in total. The van der Waals surface area contributed by atoms with Crippen LogP contribution in [0.2, 0.25) is 0 Å². The Hall–Kier alpha value is -3.30. The summed E-state index contributed by atoms with van der Waals surface area (Å²) in [4.78, 5) is 18.0. The number of nitrogens with one attached hydrogen (secondary N) is 3. The molecule has 3 N–H and O–H groups in total. The fourth-order valence-corrected chi connectivity index (χ4v) is 4.88. The smallest absolute Gasteiger partial charge is 0.319 e. The molecular formula is C31H45N4O5+. The van der Waals surface area contributed by atoms with Gasteiger partial charge in [0.15, 0.2) is 17.7 Å². The van der Waals surface area contributed by atoms with Gasteiger partial charge in [0.25, 0.3) is 0 Å². The Labute approximate surface area is 238 Å². The standard InChI is InChI=1S/C31H44N4O5/c1-30(2,3)12-14-33-29(36)34-23-7-9-24(10-8-23)40-28-11-13-32-27-21-25(26(37-5)22-31(27,28)4)39-18-6-15-35-16-19-38-20-17-35/h7-11,13,21H,6,12,14-20,22H2,1-5H3,(H2,33,34,36)/p+1. The minimum atomic E-state index is -0.440. The van der Waals surface area contributed by atoms with Gasteiger partial charge in [-0.3, -0.25) is 4.90 Å². The lowest BCUT2D eigenvalue weighted by Crippen LogP contribution is -2.72. The number of ether oxygens (including phenoxy) is 4. The van der Waals surface area contributed by atoms with E-state index in [2.05, 4.69) is 48.2 Å². The Morgan fingerprint density at radius 2 is 1.93 bits per heavy atom. The molecule has 0 bridgehead atoms. The molecule has 0 saturated carbocycles. The van der Waals surface area contributed by atoms with E-state index in [1.54, 1.807) is 7.11 Å². The molecule has 1 saturated heterocycles. The average molecular weight is 554 g/mol. The summed E-state index contributed by atoms with van der Waals surface area (Å²) in [7, 11) is 1.69. The van der Waals surface area contributed by atoms with Crippen LogP contribution in [0.1, 0.15) is 47.0 Å². The lowest BCUT2D eigenvalue weighted by molar-refractivity contribution is -0.410. The maximum atomic E-state index is 12.2. The van der Waals surface area contributed by atoms with Crippen molar-refractivity contribution in [3.8, 4) is 5.75 Å². The number of rotatable bonds is 11. The quantitative estimate of drug-likeness (QED) is 0.363. The van der Waals surface area contributed by atoms with Crippen LogP contribution in [0.5, 0.6) is 5.75 Å². The Morgan fingerprint density at radius 3 is 2.62 bits per heavy atom. The van der Waals surface area contributed by atoms with Crippen LogP contribution in [0.4, 0.5) is 10.5 Å². The molecule has 0 radical (unpaired) electrons. The topological polar surface area (TPSA) is 95.3 Å². The van der Waals surface area contributed by atoms with Crippen molar-refractivity contribution in [2.24, 2.45) is 10.8 Å². The van der Waals surface area contributed by atoms with Gasteiger partial charge < -0.3 is 29.6 Å². The van der Waals surface area contributed by atoms with Crippen LogP contribution in [-0.2, 0) is 14.2 Å². The van der Waals surface area contributed by atoms with Crippen molar-refractivity contribution in [2.45, 2.75) is 47.0 Å². The summed E-state index contributed by atoms with van der Waals surface area (Å²) in [6.45, 7) is 14.4. The molecule has 0 spiro atoms. The molecule has 1 unspecified atom stereocenters. The minimum absolute atomic E-state index is 0.175. The third-order valence-corrected chi connectivity index (χ3v) is 7.40. The number of allylic oxidation sites excluding steroid dienone is 3. The third kappa shape index (κ3) is 8.11. The van der Waals surface area contributed by atoms with Crippen molar-refractivity contribution in [3.05, 3.63) is 59.4 Å². The average Bonchev–Trinajstić information content (AvgIpc) is 2.92. The van der Waals surface area contributed by atoms with Crippen molar-refractivity contribution in [1.29, 1.82) is 0 Å². The first-order chi connectivity index (χ1) is 19.2. The first-order valence-electron chi connectivity index (χ1n) is 14.2. The summed E-state index contributed by atoms with van der Waals surface area (Å²) in [5.41, 5.74) is 1.44. The molecule has 4 rings (SSSR count). The number of nitrogens with zero attached hydrogens (tertiary/aromatic N) is 1. The third-order valence-electron chi connectivity index (χ3n) is 7.40. The van der Waals surface area contributed by atoms with Crippen LogP contribution < -0.4 is 20.4 Å². The van der Waals surface area contributed by atoms with Crippen molar-refractivity contribution >= 4 is 17.9 Å². The van der Waals surface area contributed by atoms with Gasteiger partial charge in [0.2, 0.25) is 0 Å². The summed E-state index contributed by atoms with van der Waals surface area (Å²) in [5, 5.41) is 5.79. The number of urea groups is 1. The number of morpholine rings is 1. The van der Waals surface area contributed by atoms with Gasteiger partial charge in [-0.05, 0) is 49.4 Å². The number of carbonyl (C=O) groups excluding carboxylic acids is 1. The molecule has 40 heavy (non-hydrogen) atoms. The van der Waals surface area contributed by atoms with E-state index in [-0.39, 0.29) is 11.4 Å². The highest BCUT2D eigenvalue weighted by atomic mass is 16.5. The van der Waals surface area contributed by atoms with Gasteiger partial charge in [0.05, 0.1) is 33.0 Å². The summed E-state index contributed by atoms with van der Waals surface area (Å²) >= 11 is 0. The Kier molecular flexibility index (Phi) is 9.92. The highest BCUT2D eigenvalue weighted by molar-refractivity contribution is 5.89. The summed E-state index contributed by atoms with van der Waals surface area (Å²) in [6.07, 6.45) is 8.32. The number of methoxy groups -OCH3 is 1. The first kappa shape index (κ1) is 29.7. The SMILES string of the molecule is COC1=C(OCCCN2CCOCC2)C=C2[NH+]=CC=C(Oc3ccc(NC(=O)NCCC(C)(C)C)cc3)C2(C)C1. The Morgan fingerprint density at radius 1 is 1.18 bits per heavy atom. The van der Waals surface area contributed by atoms with Crippen molar-refractivity contribution in [1.82, 2.24) is 10.2 Å². The number of anilines is 1. The monoisotopic (exact) mass is 553 g/mol. The van der Waals surface area contributed by atoms with Gasteiger partial charge in [-0.15, -0.1) is 0 Å². The van der Waals surface area contributed by atoms with Gasteiger partial charge >= 0.3 is 6.03 Å². The van der Waals surface area contributed by atoms with E-state index in [4.69, 9.17) is 18.9 Å². The van der Waals surface area contributed by atoms with Gasteiger partial charge in [0, 0.05) is 44.4 Å². The lowest BCUT2D eigenvalue weighted by atomic mass is 9.76. The predicted octanol–water partition coefficient (Wildman–Crippen LogP) is 3.56. The normalized spacial score (nSPS) is 21.2. The molecule has 1 atom stereocenters. The maximum absolute atomic E-state index is 12.2. The number of benzene rings is 1. The fourth-order valence-electron chi connectivity index (χ4n) is 4.88.